The van der Waals surface area contributed by atoms with Crippen molar-refractivity contribution in [3.63, 3.8) is 0 Å². The van der Waals surface area contributed by atoms with Crippen LogP contribution in [-0.4, -0.2) is 85.5 Å². The van der Waals surface area contributed by atoms with E-state index < -0.39 is 50.3 Å². The lowest BCUT2D eigenvalue weighted by Crippen LogP contribution is -2.54. The highest BCUT2D eigenvalue weighted by atomic mass is 32.2. The molecule has 7 aliphatic rings. The molecule has 7 unspecified atom stereocenters. The fourth-order valence-corrected chi connectivity index (χ4v) is 12.1. The molecule has 13 nitrogen and oxygen atoms in total. The smallest absolute Gasteiger partial charge is 0.330 e. The third kappa shape index (κ3) is 8.44. The SMILES string of the molecule is CC1C=C2CCCC(C(=O)OCC3(COC(=O)C4CC5CC(C)CC(C5)C4)COC(C4CC5CCCC(C(=O)OCC(O)(O)S(=O)(=O)O)(C5)C4)OC3)(C2)C1. The van der Waals surface area contributed by atoms with E-state index >= 15 is 0 Å². The molecule has 0 radical (unpaired) electrons. The van der Waals surface area contributed by atoms with E-state index in [0.717, 1.165) is 77.0 Å². The summed E-state index contributed by atoms with van der Waals surface area (Å²) in [6.45, 7) is 3.32. The van der Waals surface area contributed by atoms with Gasteiger partial charge in [-0.05, 0) is 119 Å². The first-order chi connectivity index (χ1) is 25.5. The van der Waals surface area contributed by atoms with Crippen LogP contribution in [0.4, 0.5) is 0 Å². The van der Waals surface area contributed by atoms with Gasteiger partial charge in [0.25, 0.3) is 0 Å². The molecule has 6 fully saturated rings. The number of fused-ring (bicyclic) bond motifs is 6. The summed E-state index contributed by atoms with van der Waals surface area (Å²) in [5.74, 6) is 0.655. The normalized spacial score (nSPS) is 40.9. The fraction of sp³-hybridized carbons (Fsp3) is 0.875. The number of hydrogen-bond donors (Lipinski definition) is 3. The molecule has 54 heavy (non-hydrogen) atoms. The third-order valence-corrected chi connectivity index (χ3v) is 15.0. The van der Waals surface area contributed by atoms with Crippen LogP contribution < -0.4 is 0 Å². The van der Waals surface area contributed by atoms with Crippen LogP contribution >= 0.6 is 0 Å². The van der Waals surface area contributed by atoms with Gasteiger partial charge in [0.2, 0.25) is 0 Å². The summed E-state index contributed by atoms with van der Waals surface area (Å²) >= 11 is 0. The number of rotatable bonds is 11. The standard InChI is InChI=1S/C40H60O13S/c1-25-9-29-12-30(10-25)15-31(14-29)33(41)49-20-37(23-52-35(42)38-7-3-5-27(17-38)11-26(2)16-38)21-50-34(51-22-37)32-13-28-6-4-8-39(18-28,19-32)36(43)53-24-40(44,45)54(46,47)48/h11,25-26,28-32,34,44-45H,3-10,12-24H2,1-2H3,(H,46,47,48). The molecular weight excluding hydrogens is 720 g/mol. The van der Waals surface area contributed by atoms with Gasteiger partial charge >= 0.3 is 33.1 Å². The largest absolute Gasteiger partial charge is 0.465 e. The summed E-state index contributed by atoms with van der Waals surface area (Å²) in [5.41, 5.74) is -1.16. The van der Waals surface area contributed by atoms with Crippen molar-refractivity contribution >= 4 is 28.0 Å². The average Bonchev–Trinajstić information content (AvgIpc) is 3.10. The molecule has 1 aliphatic heterocycles. The molecule has 6 aliphatic carbocycles. The summed E-state index contributed by atoms with van der Waals surface area (Å²) in [7, 11) is -5.31. The Labute approximate surface area is 319 Å². The van der Waals surface area contributed by atoms with Gasteiger partial charge in [0.15, 0.2) is 12.9 Å². The van der Waals surface area contributed by atoms with E-state index in [1.165, 1.54) is 12.0 Å². The van der Waals surface area contributed by atoms with Crippen LogP contribution in [0.15, 0.2) is 11.6 Å². The first kappa shape index (κ1) is 40.1. The number of ether oxygens (including phenoxy) is 5. The Bertz CT molecular complexity index is 1550. The lowest BCUT2D eigenvalue weighted by Gasteiger charge is -2.50. The molecule has 0 amide bonds. The fourth-order valence-electron chi connectivity index (χ4n) is 11.8. The van der Waals surface area contributed by atoms with Crippen molar-refractivity contribution < 1.29 is 61.3 Å². The van der Waals surface area contributed by atoms with Crippen molar-refractivity contribution in [3.8, 4) is 0 Å². The lowest BCUT2D eigenvalue weighted by atomic mass is 9.58. The molecule has 7 rings (SSSR count). The zero-order valence-corrected chi connectivity index (χ0v) is 32.7. The monoisotopic (exact) mass is 780 g/mol. The van der Waals surface area contributed by atoms with Gasteiger partial charge in [0.05, 0.1) is 35.4 Å². The van der Waals surface area contributed by atoms with Crippen LogP contribution in [-0.2, 0) is 48.2 Å². The highest BCUT2D eigenvalue weighted by Crippen LogP contribution is 2.54. The second kappa shape index (κ2) is 15.3. The molecule has 5 saturated carbocycles. The summed E-state index contributed by atoms with van der Waals surface area (Å²) in [4.78, 5) is 41.0. The van der Waals surface area contributed by atoms with Crippen molar-refractivity contribution in [3.05, 3.63) is 11.6 Å². The van der Waals surface area contributed by atoms with Gasteiger partial charge in [-0.25, -0.2) is 0 Å². The molecule has 0 aromatic heterocycles. The minimum absolute atomic E-state index is 0.00991. The summed E-state index contributed by atoms with van der Waals surface area (Å²) < 4.78 is 62.2. The zero-order valence-electron chi connectivity index (χ0n) is 31.9. The van der Waals surface area contributed by atoms with E-state index in [9.17, 15) is 33.0 Å². The Kier molecular flexibility index (Phi) is 11.4. The number of aliphatic hydroxyl groups is 2. The van der Waals surface area contributed by atoms with Crippen LogP contribution in [0.1, 0.15) is 117 Å². The molecule has 0 spiro atoms. The van der Waals surface area contributed by atoms with Gasteiger partial charge in [0, 0.05) is 5.92 Å². The molecule has 0 aromatic rings. The highest BCUT2D eigenvalue weighted by molar-refractivity contribution is 7.86. The van der Waals surface area contributed by atoms with Crippen molar-refractivity contribution in [2.75, 3.05) is 33.0 Å². The van der Waals surface area contributed by atoms with E-state index in [1.54, 1.807) is 0 Å². The number of allylic oxidation sites excluding steroid dienone is 2. The Morgan fingerprint density at radius 3 is 2.20 bits per heavy atom. The minimum atomic E-state index is -5.31. The quantitative estimate of drug-likeness (QED) is 0.0828. The maximum atomic E-state index is 13.9. The summed E-state index contributed by atoms with van der Waals surface area (Å²) in [5, 5.41) is 15.9. The van der Waals surface area contributed by atoms with Gasteiger partial charge in [-0.3, -0.25) is 18.9 Å². The molecule has 7 atom stereocenters. The van der Waals surface area contributed by atoms with Gasteiger partial charge in [-0.15, -0.1) is 0 Å². The minimum Gasteiger partial charge on any atom is -0.465 e. The van der Waals surface area contributed by atoms with Gasteiger partial charge in [0.1, 0.15) is 13.2 Å². The number of carbonyl (C=O) groups is 3. The zero-order chi connectivity index (χ0) is 38.5. The molecule has 0 aromatic carbocycles. The van der Waals surface area contributed by atoms with Crippen LogP contribution in [0.3, 0.4) is 0 Å². The second-order valence-corrected chi connectivity index (χ2v) is 20.5. The van der Waals surface area contributed by atoms with Crippen LogP contribution in [0, 0.1) is 57.7 Å². The topological polar surface area (TPSA) is 192 Å². The predicted octanol–water partition coefficient (Wildman–Crippen LogP) is 5.08. The van der Waals surface area contributed by atoms with Gasteiger partial charge in [-0.1, -0.05) is 38.3 Å². The van der Waals surface area contributed by atoms with Crippen LogP contribution in [0.25, 0.3) is 0 Å². The van der Waals surface area contributed by atoms with E-state index in [-0.39, 0.29) is 56.1 Å². The molecule has 304 valence electrons. The second-order valence-electron chi connectivity index (χ2n) is 18.9. The van der Waals surface area contributed by atoms with E-state index in [2.05, 4.69) is 19.9 Å². The van der Waals surface area contributed by atoms with Crippen LogP contribution in [0.5, 0.6) is 0 Å². The molecule has 3 N–H and O–H groups in total. The Morgan fingerprint density at radius 1 is 0.833 bits per heavy atom. The lowest BCUT2D eigenvalue weighted by molar-refractivity contribution is -0.275. The molecule has 1 saturated heterocycles. The van der Waals surface area contributed by atoms with E-state index in [0.29, 0.717) is 42.9 Å². The Morgan fingerprint density at radius 2 is 1.50 bits per heavy atom. The number of esters is 3. The van der Waals surface area contributed by atoms with Crippen molar-refractivity contribution in [1.82, 2.24) is 0 Å². The predicted molar refractivity (Wildman–Crippen MR) is 192 cm³/mol. The summed E-state index contributed by atoms with van der Waals surface area (Å²) in [6.07, 6.45) is 14.6. The first-order valence-electron chi connectivity index (χ1n) is 20.3. The van der Waals surface area contributed by atoms with Gasteiger partial charge in [-0.2, -0.15) is 8.42 Å². The highest BCUT2D eigenvalue weighted by Gasteiger charge is 2.54. The van der Waals surface area contributed by atoms with Crippen LogP contribution in [0.2, 0.25) is 0 Å². The molecular formula is C40H60O13S. The Balaban J connectivity index is 1.02. The molecule has 14 heteroatoms. The maximum Gasteiger partial charge on any atom is 0.330 e. The van der Waals surface area contributed by atoms with Crippen molar-refractivity contribution in [2.45, 2.75) is 128 Å². The number of hydrogen-bond acceptors (Lipinski definition) is 12. The first-order valence-corrected chi connectivity index (χ1v) is 21.8. The van der Waals surface area contributed by atoms with E-state index in [4.69, 9.17) is 28.2 Å². The van der Waals surface area contributed by atoms with E-state index in [1.807, 2.05) is 0 Å². The molecule has 6 bridgehead atoms. The molecule has 1 heterocycles. The van der Waals surface area contributed by atoms with Crippen molar-refractivity contribution in [1.29, 1.82) is 0 Å². The summed E-state index contributed by atoms with van der Waals surface area (Å²) in [6, 6.07) is 0. The average molecular weight is 781 g/mol. The maximum absolute atomic E-state index is 13.9. The number of carbonyl (C=O) groups excluding carboxylic acids is 3. The third-order valence-electron chi connectivity index (χ3n) is 14.1. The van der Waals surface area contributed by atoms with Gasteiger partial charge < -0.3 is 33.9 Å². The van der Waals surface area contributed by atoms with Crippen molar-refractivity contribution in [2.24, 2.45) is 57.7 Å². The Hall–Kier alpha value is -2.10.